The van der Waals surface area contributed by atoms with Crippen molar-refractivity contribution in [1.29, 1.82) is 0 Å². The monoisotopic (exact) mass is 189 g/mol. The molecule has 0 saturated heterocycles. The van der Waals surface area contributed by atoms with Crippen LogP contribution in [0, 0.1) is 0 Å². The minimum Gasteiger partial charge on any atom is -0.462 e. The van der Waals surface area contributed by atoms with Gasteiger partial charge in [-0.2, -0.15) is 0 Å². The van der Waals surface area contributed by atoms with Crippen LogP contribution in [0.1, 0.15) is 13.3 Å². The van der Waals surface area contributed by atoms with Gasteiger partial charge in [-0.1, -0.05) is 6.92 Å². The van der Waals surface area contributed by atoms with E-state index in [1.54, 1.807) is 0 Å². The third-order valence-electron chi connectivity index (χ3n) is 1.57. The lowest BCUT2D eigenvalue weighted by molar-refractivity contribution is -0.153. The summed E-state index contributed by atoms with van der Waals surface area (Å²) in [6.45, 7) is 2.28. The molecule has 0 spiro atoms. The Hall–Kier alpha value is -1.10. The molecular formula is C8H15NO4. The second-order valence-electron chi connectivity index (χ2n) is 2.53. The Bertz CT molecular complexity index is 181. The summed E-state index contributed by atoms with van der Waals surface area (Å²) >= 11 is 0. The largest absolute Gasteiger partial charge is 0.462 e. The molecule has 0 fully saturated rings. The lowest BCUT2D eigenvalue weighted by Crippen LogP contribution is -2.41. The summed E-state index contributed by atoms with van der Waals surface area (Å²) in [7, 11) is 2.70. The van der Waals surface area contributed by atoms with E-state index in [1.807, 2.05) is 6.92 Å². The Morgan fingerprint density at radius 1 is 1.38 bits per heavy atom. The topological polar surface area (TPSA) is 64.6 Å². The number of nitrogens with one attached hydrogen (secondary N) is 1. The maximum Gasteiger partial charge on any atom is 0.396 e. The Kier molecular flexibility index (Phi) is 5.88. The lowest BCUT2D eigenvalue weighted by atomic mass is 10.2. The first-order valence-electron chi connectivity index (χ1n) is 4.03. The highest BCUT2D eigenvalue weighted by Crippen LogP contribution is 1.91. The molecule has 0 aromatic rings. The molecule has 5 nitrogen and oxygen atoms in total. The van der Waals surface area contributed by atoms with Gasteiger partial charge in [0.1, 0.15) is 0 Å². The van der Waals surface area contributed by atoms with E-state index in [2.05, 4.69) is 10.1 Å². The molecule has 1 unspecified atom stereocenters. The van der Waals surface area contributed by atoms with Crippen LogP contribution < -0.4 is 5.32 Å². The lowest BCUT2D eigenvalue weighted by Gasteiger charge is -2.14. The predicted molar refractivity (Wildman–Crippen MR) is 46.1 cm³/mol. The van der Waals surface area contributed by atoms with Crippen LogP contribution >= 0.6 is 0 Å². The summed E-state index contributed by atoms with van der Waals surface area (Å²) < 4.78 is 9.09. The first-order valence-corrected chi connectivity index (χ1v) is 4.03. The van der Waals surface area contributed by atoms with E-state index in [4.69, 9.17) is 4.74 Å². The van der Waals surface area contributed by atoms with Gasteiger partial charge in [0.15, 0.2) is 0 Å². The number of carbonyl (C=O) groups is 2. The van der Waals surface area contributed by atoms with E-state index in [1.165, 1.54) is 14.2 Å². The van der Waals surface area contributed by atoms with Crippen molar-refractivity contribution >= 4 is 11.9 Å². The quantitative estimate of drug-likeness (QED) is 0.487. The minimum atomic E-state index is -0.880. The van der Waals surface area contributed by atoms with Crippen molar-refractivity contribution in [2.45, 2.75) is 19.4 Å². The van der Waals surface area contributed by atoms with Gasteiger partial charge >= 0.3 is 11.9 Å². The number of rotatable bonds is 4. The van der Waals surface area contributed by atoms with Crippen LogP contribution in [-0.2, 0) is 19.1 Å². The maximum absolute atomic E-state index is 11.0. The fourth-order valence-corrected chi connectivity index (χ4v) is 0.800. The molecule has 76 valence electrons. The summed E-state index contributed by atoms with van der Waals surface area (Å²) in [6.07, 6.45) is 0.705. The normalized spacial score (nSPS) is 11.9. The Morgan fingerprint density at radius 3 is 2.38 bits per heavy atom. The van der Waals surface area contributed by atoms with Crippen molar-refractivity contribution in [3.63, 3.8) is 0 Å². The van der Waals surface area contributed by atoms with Crippen molar-refractivity contribution in [2.24, 2.45) is 0 Å². The molecule has 0 saturated carbocycles. The van der Waals surface area contributed by atoms with Gasteiger partial charge in [0, 0.05) is 7.11 Å². The summed E-state index contributed by atoms with van der Waals surface area (Å²) in [6, 6.07) is -0.142. The molecule has 0 aliphatic carbocycles. The number of esters is 1. The van der Waals surface area contributed by atoms with Crippen LogP contribution in [0.4, 0.5) is 0 Å². The average molecular weight is 189 g/mol. The second kappa shape index (κ2) is 6.42. The zero-order chi connectivity index (χ0) is 10.3. The third-order valence-corrected chi connectivity index (χ3v) is 1.57. The molecule has 0 bridgehead atoms. The Labute approximate surface area is 77.4 Å². The van der Waals surface area contributed by atoms with E-state index in [-0.39, 0.29) is 6.04 Å². The van der Waals surface area contributed by atoms with Gasteiger partial charge in [0.05, 0.1) is 19.8 Å². The highest BCUT2D eigenvalue weighted by Gasteiger charge is 2.17. The molecule has 0 aliphatic heterocycles. The standard InChI is InChI=1S/C8H15NO4/c1-4-6(5-12-2)9-7(10)8(11)13-3/h6H,4-5H2,1-3H3,(H,9,10). The summed E-state index contributed by atoms with van der Waals surface area (Å²) in [5, 5.41) is 2.48. The third kappa shape index (κ3) is 4.47. The average Bonchev–Trinajstić information content (AvgIpc) is 2.15. The minimum absolute atomic E-state index is 0.142. The molecule has 0 rings (SSSR count). The molecule has 0 aromatic heterocycles. The van der Waals surface area contributed by atoms with Crippen LogP contribution in [0.3, 0.4) is 0 Å². The number of hydrogen-bond donors (Lipinski definition) is 1. The number of ether oxygens (including phenoxy) is 2. The zero-order valence-electron chi connectivity index (χ0n) is 8.12. The van der Waals surface area contributed by atoms with Gasteiger partial charge in [-0.15, -0.1) is 0 Å². The van der Waals surface area contributed by atoms with E-state index < -0.39 is 11.9 Å². The first kappa shape index (κ1) is 11.9. The maximum atomic E-state index is 11.0. The molecule has 13 heavy (non-hydrogen) atoms. The van der Waals surface area contributed by atoms with Gasteiger partial charge in [-0.05, 0) is 6.42 Å². The number of carbonyl (C=O) groups excluding carboxylic acids is 2. The molecule has 0 aliphatic rings. The van der Waals surface area contributed by atoms with E-state index in [0.717, 1.165) is 0 Å². The molecule has 5 heteroatoms. The van der Waals surface area contributed by atoms with Crippen molar-refractivity contribution in [2.75, 3.05) is 20.8 Å². The molecule has 0 radical (unpaired) electrons. The van der Waals surface area contributed by atoms with Gasteiger partial charge in [-0.25, -0.2) is 4.79 Å². The first-order chi connectivity index (χ1) is 6.15. The van der Waals surface area contributed by atoms with Crippen LogP contribution in [-0.4, -0.2) is 38.7 Å². The zero-order valence-corrected chi connectivity index (χ0v) is 8.12. The smallest absolute Gasteiger partial charge is 0.396 e. The molecule has 1 amide bonds. The summed E-state index contributed by atoms with van der Waals surface area (Å²) in [4.78, 5) is 21.7. The summed E-state index contributed by atoms with van der Waals surface area (Å²) in [5.41, 5.74) is 0. The number of hydrogen-bond acceptors (Lipinski definition) is 4. The highest BCUT2D eigenvalue weighted by molar-refractivity contribution is 6.32. The van der Waals surface area contributed by atoms with Gasteiger partial charge < -0.3 is 14.8 Å². The van der Waals surface area contributed by atoms with Crippen LogP contribution in [0.2, 0.25) is 0 Å². The molecule has 1 N–H and O–H groups in total. The number of amides is 1. The van der Waals surface area contributed by atoms with Crippen molar-refractivity contribution < 1.29 is 19.1 Å². The van der Waals surface area contributed by atoms with Gasteiger partial charge in [0.2, 0.25) is 0 Å². The van der Waals surface area contributed by atoms with Crippen molar-refractivity contribution in [3.05, 3.63) is 0 Å². The van der Waals surface area contributed by atoms with E-state index >= 15 is 0 Å². The molecule has 1 atom stereocenters. The SMILES string of the molecule is CCC(COC)NC(=O)C(=O)OC. The van der Waals surface area contributed by atoms with E-state index in [9.17, 15) is 9.59 Å². The van der Waals surface area contributed by atoms with E-state index in [0.29, 0.717) is 13.0 Å². The summed E-state index contributed by atoms with van der Waals surface area (Å²) in [5.74, 6) is -1.61. The fourth-order valence-electron chi connectivity index (χ4n) is 0.800. The molecule has 0 heterocycles. The highest BCUT2D eigenvalue weighted by atomic mass is 16.5. The Balaban J connectivity index is 3.93. The van der Waals surface area contributed by atoms with Crippen LogP contribution in [0.5, 0.6) is 0 Å². The molecule has 0 aromatic carbocycles. The van der Waals surface area contributed by atoms with Gasteiger partial charge in [-0.3, -0.25) is 4.79 Å². The second-order valence-corrected chi connectivity index (χ2v) is 2.53. The molecular weight excluding hydrogens is 174 g/mol. The fraction of sp³-hybridized carbons (Fsp3) is 0.750. The van der Waals surface area contributed by atoms with Gasteiger partial charge in [0.25, 0.3) is 0 Å². The Morgan fingerprint density at radius 2 is 2.00 bits per heavy atom. The van der Waals surface area contributed by atoms with Crippen LogP contribution in [0.25, 0.3) is 0 Å². The van der Waals surface area contributed by atoms with Crippen molar-refractivity contribution in [3.8, 4) is 0 Å². The number of methoxy groups -OCH3 is 2. The van der Waals surface area contributed by atoms with Crippen LogP contribution in [0.15, 0.2) is 0 Å². The van der Waals surface area contributed by atoms with Crippen molar-refractivity contribution in [1.82, 2.24) is 5.32 Å². The predicted octanol–water partition coefficient (Wildman–Crippen LogP) is -0.299.